The summed E-state index contributed by atoms with van der Waals surface area (Å²) in [5.41, 5.74) is 1.75. The van der Waals surface area contributed by atoms with Gasteiger partial charge in [0, 0.05) is 53.4 Å². The molecule has 0 bridgehead atoms. The fourth-order valence-electron chi connectivity index (χ4n) is 3.16. The number of rotatable bonds is 4. The Morgan fingerprint density at radius 2 is 2.39 bits per heavy atom. The Hall–Kier alpha value is -2.34. The molecule has 0 spiro atoms. The zero-order valence-electron chi connectivity index (χ0n) is 12.7. The summed E-state index contributed by atoms with van der Waals surface area (Å²) in [6.07, 6.45) is 5.96. The van der Waals surface area contributed by atoms with E-state index in [-0.39, 0.29) is 5.91 Å². The van der Waals surface area contributed by atoms with E-state index in [1.165, 1.54) is 0 Å². The molecule has 1 fully saturated rings. The van der Waals surface area contributed by atoms with Crippen LogP contribution in [0.3, 0.4) is 0 Å². The molecule has 1 aromatic carbocycles. The van der Waals surface area contributed by atoms with Gasteiger partial charge >= 0.3 is 0 Å². The number of fused-ring (bicyclic) bond motifs is 1. The molecule has 1 unspecified atom stereocenters. The summed E-state index contributed by atoms with van der Waals surface area (Å²) in [5.74, 6) is -0.0147. The number of nitrogens with one attached hydrogen (secondary N) is 2. The number of amides is 1. The van der Waals surface area contributed by atoms with Crippen LogP contribution in [-0.4, -0.2) is 35.0 Å². The number of aromatic nitrogens is 2. The quantitative estimate of drug-likeness (QED) is 0.775. The topological polar surface area (TPSA) is 61.0 Å². The van der Waals surface area contributed by atoms with Crippen LogP contribution in [0, 0.1) is 0 Å². The first-order valence-electron chi connectivity index (χ1n) is 7.83. The van der Waals surface area contributed by atoms with Gasteiger partial charge in [-0.15, -0.1) is 11.3 Å². The summed E-state index contributed by atoms with van der Waals surface area (Å²) in [4.78, 5) is 22.2. The van der Waals surface area contributed by atoms with E-state index in [2.05, 4.69) is 20.2 Å². The zero-order valence-corrected chi connectivity index (χ0v) is 13.5. The molecule has 4 rings (SSSR count). The number of aromatic amines is 1. The van der Waals surface area contributed by atoms with Crippen LogP contribution in [0.15, 0.2) is 42.0 Å². The normalized spacial score (nSPS) is 17.7. The Labute approximate surface area is 138 Å². The fraction of sp³-hybridized carbons (Fsp3) is 0.294. The van der Waals surface area contributed by atoms with E-state index in [0.29, 0.717) is 18.2 Å². The lowest BCUT2D eigenvalue weighted by Crippen LogP contribution is -2.40. The highest BCUT2D eigenvalue weighted by molar-refractivity contribution is 7.13. The molecule has 118 valence electrons. The molecule has 1 amide bonds. The van der Waals surface area contributed by atoms with E-state index < -0.39 is 0 Å². The first-order valence-corrected chi connectivity index (χ1v) is 8.71. The lowest BCUT2D eigenvalue weighted by Gasteiger charge is -2.24. The van der Waals surface area contributed by atoms with Gasteiger partial charge in [0.15, 0.2) is 5.13 Å². The number of anilines is 1. The Balaban J connectivity index is 1.42. The average Bonchev–Trinajstić information content (AvgIpc) is 3.31. The van der Waals surface area contributed by atoms with Crippen LogP contribution >= 0.6 is 11.3 Å². The third kappa shape index (κ3) is 2.82. The number of hydrogen-bond donors (Lipinski definition) is 2. The minimum Gasteiger partial charge on any atom is -0.361 e. The minimum atomic E-state index is -0.0147. The zero-order chi connectivity index (χ0) is 15.6. The van der Waals surface area contributed by atoms with Crippen molar-refractivity contribution in [1.82, 2.24) is 15.3 Å². The van der Waals surface area contributed by atoms with E-state index in [1.807, 2.05) is 42.0 Å². The first-order chi connectivity index (χ1) is 11.3. The molecule has 23 heavy (non-hydrogen) atoms. The maximum absolute atomic E-state index is 12.4. The fourth-order valence-corrected chi connectivity index (χ4v) is 3.91. The molecule has 1 aliphatic heterocycles. The molecule has 0 saturated carbocycles. The molecule has 0 aliphatic carbocycles. The van der Waals surface area contributed by atoms with Crippen molar-refractivity contribution in [3.05, 3.63) is 47.6 Å². The number of benzene rings is 1. The van der Waals surface area contributed by atoms with Gasteiger partial charge in [-0.1, -0.05) is 0 Å². The Kier molecular flexibility index (Phi) is 3.75. The number of H-pyrrole nitrogens is 1. The van der Waals surface area contributed by atoms with E-state index in [0.717, 1.165) is 35.4 Å². The predicted octanol–water partition coefficient (Wildman–Crippen LogP) is 3.02. The molecule has 6 heteroatoms. The van der Waals surface area contributed by atoms with Crippen LogP contribution in [0.2, 0.25) is 0 Å². The third-order valence-corrected chi connectivity index (χ3v) is 5.16. The van der Waals surface area contributed by atoms with Gasteiger partial charge in [-0.25, -0.2) is 4.98 Å². The third-order valence-electron chi connectivity index (χ3n) is 4.36. The first kappa shape index (κ1) is 14.3. The average molecular weight is 326 g/mol. The van der Waals surface area contributed by atoms with Crippen molar-refractivity contribution < 1.29 is 4.79 Å². The molecule has 3 aromatic rings. The number of carbonyl (C=O) groups excluding carboxylic acids is 1. The molecule has 1 atom stereocenters. The van der Waals surface area contributed by atoms with Gasteiger partial charge in [-0.3, -0.25) is 4.79 Å². The number of hydrogen-bond acceptors (Lipinski definition) is 4. The van der Waals surface area contributed by atoms with Gasteiger partial charge in [0.1, 0.15) is 0 Å². The molecular formula is C17H18N4OS. The van der Waals surface area contributed by atoms with Crippen LogP contribution in [0.1, 0.15) is 23.2 Å². The molecule has 5 nitrogen and oxygen atoms in total. The van der Waals surface area contributed by atoms with Gasteiger partial charge in [0.2, 0.25) is 0 Å². The van der Waals surface area contributed by atoms with Gasteiger partial charge in [0.05, 0.1) is 0 Å². The molecule has 1 aliphatic rings. The summed E-state index contributed by atoms with van der Waals surface area (Å²) in [6, 6.07) is 8.05. The minimum absolute atomic E-state index is 0.0147. The van der Waals surface area contributed by atoms with Crippen molar-refractivity contribution in [2.75, 3.05) is 18.0 Å². The van der Waals surface area contributed by atoms with E-state index in [4.69, 9.17) is 0 Å². The van der Waals surface area contributed by atoms with Crippen LogP contribution in [0.5, 0.6) is 0 Å². The van der Waals surface area contributed by atoms with Crippen LogP contribution in [0.4, 0.5) is 5.13 Å². The van der Waals surface area contributed by atoms with Crippen molar-refractivity contribution in [3.8, 4) is 0 Å². The van der Waals surface area contributed by atoms with Crippen LogP contribution in [0.25, 0.3) is 10.9 Å². The smallest absolute Gasteiger partial charge is 0.251 e. The van der Waals surface area contributed by atoms with E-state index in [1.54, 1.807) is 11.3 Å². The van der Waals surface area contributed by atoms with Gasteiger partial charge in [-0.05, 0) is 37.1 Å². The van der Waals surface area contributed by atoms with Gasteiger partial charge < -0.3 is 15.2 Å². The summed E-state index contributed by atoms with van der Waals surface area (Å²) in [7, 11) is 0. The SMILES string of the molecule is O=C(NCC1CCCN1c1nccs1)c1ccc2[nH]ccc2c1. The number of thiazole rings is 1. The second-order valence-corrected chi connectivity index (χ2v) is 6.67. The lowest BCUT2D eigenvalue weighted by atomic mass is 10.1. The van der Waals surface area contributed by atoms with Crippen molar-refractivity contribution in [2.24, 2.45) is 0 Å². The second kappa shape index (κ2) is 6.04. The maximum atomic E-state index is 12.4. The highest BCUT2D eigenvalue weighted by atomic mass is 32.1. The van der Waals surface area contributed by atoms with Gasteiger partial charge in [0.25, 0.3) is 5.91 Å². The summed E-state index contributed by atoms with van der Waals surface area (Å²) in [5, 5.41) is 7.18. The van der Waals surface area contributed by atoms with Crippen LogP contribution < -0.4 is 10.2 Å². The number of nitrogens with zero attached hydrogens (tertiary/aromatic N) is 2. The van der Waals surface area contributed by atoms with Gasteiger partial charge in [-0.2, -0.15) is 0 Å². The lowest BCUT2D eigenvalue weighted by molar-refractivity contribution is 0.0951. The molecule has 1 saturated heterocycles. The monoisotopic (exact) mass is 326 g/mol. The van der Waals surface area contributed by atoms with Crippen molar-refractivity contribution in [3.63, 3.8) is 0 Å². The molecule has 3 heterocycles. The Bertz CT molecular complexity index is 811. The Morgan fingerprint density at radius 1 is 1.43 bits per heavy atom. The highest BCUT2D eigenvalue weighted by Gasteiger charge is 2.26. The van der Waals surface area contributed by atoms with E-state index in [9.17, 15) is 4.79 Å². The molecular weight excluding hydrogens is 308 g/mol. The van der Waals surface area contributed by atoms with Crippen molar-refractivity contribution in [1.29, 1.82) is 0 Å². The van der Waals surface area contributed by atoms with E-state index >= 15 is 0 Å². The van der Waals surface area contributed by atoms with Crippen LogP contribution in [-0.2, 0) is 0 Å². The second-order valence-electron chi connectivity index (χ2n) is 5.79. The summed E-state index contributed by atoms with van der Waals surface area (Å²) < 4.78 is 0. The maximum Gasteiger partial charge on any atom is 0.251 e. The van der Waals surface area contributed by atoms with Crippen molar-refractivity contribution in [2.45, 2.75) is 18.9 Å². The Morgan fingerprint density at radius 3 is 3.26 bits per heavy atom. The largest absolute Gasteiger partial charge is 0.361 e. The summed E-state index contributed by atoms with van der Waals surface area (Å²) in [6.45, 7) is 1.67. The highest BCUT2D eigenvalue weighted by Crippen LogP contribution is 2.26. The molecule has 2 aromatic heterocycles. The summed E-state index contributed by atoms with van der Waals surface area (Å²) >= 11 is 1.66. The van der Waals surface area contributed by atoms with Crippen molar-refractivity contribution >= 4 is 33.3 Å². The predicted molar refractivity (Wildman–Crippen MR) is 93.1 cm³/mol. The standard InChI is InChI=1S/C17H18N4OS/c22-16(13-3-4-15-12(10-13)5-6-18-15)20-11-14-2-1-8-21(14)17-19-7-9-23-17/h3-7,9-10,14,18H,1-2,8,11H2,(H,20,22). The molecule has 0 radical (unpaired) electrons. The number of carbonyl (C=O) groups is 1. The molecule has 2 N–H and O–H groups in total.